The van der Waals surface area contributed by atoms with Gasteiger partial charge < -0.3 is 24.6 Å². The number of benzene rings is 1. The Morgan fingerprint density at radius 1 is 1.19 bits per heavy atom. The van der Waals surface area contributed by atoms with Crippen molar-refractivity contribution in [1.82, 2.24) is 15.8 Å². The number of aromatic nitrogens is 1. The molecule has 7 heteroatoms. The van der Waals surface area contributed by atoms with Crippen LogP contribution in [-0.4, -0.2) is 31.9 Å². The van der Waals surface area contributed by atoms with Crippen molar-refractivity contribution in [2.24, 2.45) is 4.99 Å². The van der Waals surface area contributed by atoms with Crippen LogP contribution in [0.1, 0.15) is 43.7 Å². The van der Waals surface area contributed by atoms with Crippen molar-refractivity contribution >= 4 is 5.96 Å². The van der Waals surface area contributed by atoms with Crippen molar-refractivity contribution in [3.8, 4) is 11.5 Å². The van der Waals surface area contributed by atoms with Crippen LogP contribution in [0.25, 0.3) is 0 Å². The van der Waals surface area contributed by atoms with Gasteiger partial charge in [-0.1, -0.05) is 25.1 Å². The summed E-state index contributed by atoms with van der Waals surface area (Å²) in [6.07, 6.45) is 0. The molecule has 0 fully saturated rings. The molecule has 26 heavy (non-hydrogen) atoms. The molecule has 0 spiro atoms. The Hall–Kier alpha value is -2.70. The Kier molecular flexibility index (Phi) is 7.32. The highest BCUT2D eigenvalue weighted by Crippen LogP contribution is 2.27. The van der Waals surface area contributed by atoms with Gasteiger partial charge in [0.1, 0.15) is 0 Å². The van der Waals surface area contributed by atoms with Gasteiger partial charge in [-0.05, 0) is 30.5 Å². The van der Waals surface area contributed by atoms with Gasteiger partial charge in [0.05, 0.1) is 26.0 Å². The second kappa shape index (κ2) is 9.70. The quantitative estimate of drug-likeness (QED) is 0.556. The molecule has 0 aliphatic heterocycles. The molecule has 1 aromatic heterocycles. The Morgan fingerprint density at radius 3 is 2.58 bits per heavy atom. The van der Waals surface area contributed by atoms with Crippen LogP contribution in [0.3, 0.4) is 0 Å². The van der Waals surface area contributed by atoms with Crippen molar-refractivity contribution < 1.29 is 14.0 Å². The van der Waals surface area contributed by atoms with E-state index < -0.39 is 0 Å². The lowest BCUT2D eigenvalue weighted by Crippen LogP contribution is -2.36. The zero-order chi connectivity index (χ0) is 18.9. The smallest absolute Gasteiger partial charge is 0.191 e. The summed E-state index contributed by atoms with van der Waals surface area (Å²) in [5, 5.41) is 10.5. The van der Waals surface area contributed by atoms with Crippen LogP contribution < -0.4 is 20.1 Å². The summed E-state index contributed by atoms with van der Waals surface area (Å²) in [5.74, 6) is 3.27. The molecule has 2 aromatic rings. The van der Waals surface area contributed by atoms with Gasteiger partial charge in [-0.15, -0.1) is 0 Å². The number of aliphatic imine (C=N–C) groups is 1. The van der Waals surface area contributed by atoms with Gasteiger partial charge in [0.15, 0.2) is 23.2 Å². The summed E-state index contributed by atoms with van der Waals surface area (Å²) < 4.78 is 16.2. The van der Waals surface area contributed by atoms with Gasteiger partial charge in [0.25, 0.3) is 0 Å². The second-order valence-corrected chi connectivity index (χ2v) is 6.07. The SMILES string of the molecule is CCOc1ccc(CNC(=NC)NCc2cc(C(C)C)no2)cc1OC. The van der Waals surface area contributed by atoms with Crippen molar-refractivity contribution in [2.75, 3.05) is 20.8 Å². The first-order valence-corrected chi connectivity index (χ1v) is 8.77. The van der Waals surface area contributed by atoms with Crippen LogP contribution >= 0.6 is 0 Å². The highest BCUT2D eigenvalue weighted by atomic mass is 16.5. The fraction of sp³-hybridized carbons (Fsp3) is 0.474. The molecule has 0 bridgehead atoms. The fourth-order valence-corrected chi connectivity index (χ4v) is 2.36. The van der Waals surface area contributed by atoms with Crippen LogP contribution in [0.5, 0.6) is 11.5 Å². The average molecular weight is 360 g/mol. The summed E-state index contributed by atoms with van der Waals surface area (Å²) in [6.45, 7) is 7.84. The number of nitrogens with zero attached hydrogens (tertiary/aromatic N) is 2. The van der Waals surface area contributed by atoms with Gasteiger partial charge in [0.2, 0.25) is 0 Å². The van der Waals surface area contributed by atoms with Crippen LogP contribution in [0.15, 0.2) is 33.8 Å². The molecule has 0 radical (unpaired) electrons. The van der Waals surface area contributed by atoms with E-state index in [9.17, 15) is 0 Å². The number of guanidine groups is 1. The van der Waals surface area contributed by atoms with Crippen molar-refractivity contribution in [2.45, 2.75) is 39.8 Å². The minimum atomic E-state index is 0.347. The first-order chi connectivity index (χ1) is 12.6. The summed E-state index contributed by atoms with van der Waals surface area (Å²) in [6, 6.07) is 7.83. The highest BCUT2D eigenvalue weighted by molar-refractivity contribution is 5.79. The molecular formula is C19H28N4O3. The Balaban J connectivity index is 1.90. The molecule has 0 saturated carbocycles. The Morgan fingerprint density at radius 2 is 1.96 bits per heavy atom. The number of hydrogen-bond acceptors (Lipinski definition) is 5. The number of ether oxygens (including phenoxy) is 2. The lowest BCUT2D eigenvalue weighted by Gasteiger charge is -2.13. The average Bonchev–Trinajstić information content (AvgIpc) is 3.12. The van der Waals surface area contributed by atoms with E-state index in [4.69, 9.17) is 14.0 Å². The normalized spacial score (nSPS) is 11.5. The summed E-state index contributed by atoms with van der Waals surface area (Å²) in [5.41, 5.74) is 2.02. The first kappa shape index (κ1) is 19.6. The topological polar surface area (TPSA) is 80.9 Å². The summed E-state index contributed by atoms with van der Waals surface area (Å²) in [7, 11) is 3.37. The number of hydrogen-bond donors (Lipinski definition) is 2. The van der Waals surface area contributed by atoms with Gasteiger partial charge in [-0.25, -0.2) is 0 Å². The van der Waals surface area contributed by atoms with E-state index in [1.165, 1.54) is 0 Å². The van der Waals surface area contributed by atoms with Crippen LogP contribution in [0.4, 0.5) is 0 Å². The highest BCUT2D eigenvalue weighted by Gasteiger charge is 2.09. The lowest BCUT2D eigenvalue weighted by atomic mass is 10.1. The molecule has 0 aliphatic carbocycles. The minimum absolute atomic E-state index is 0.347. The predicted molar refractivity (Wildman–Crippen MR) is 102 cm³/mol. The van der Waals surface area contributed by atoms with E-state index in [1.807, 2.05) is 31.2 Å². The van der Waals surface area contributed by atoms with Crippen molar-refractivity contribution in [3.05, 3.63) is 41.3 Å². The zero-order valence-corrected chi connectivity index (χ0v) is 16.1. The molecule has 0 amide bonds. The summed E-state index contributed by atoms with van der Waals surface area (Å²) >= 11 is 0. The van der Waals surface area contributed by atoms with Crippen LogP contribution in [0.2, 0.25) is 0 Å². The molecule has 2 N–H and O–H groups in total. The van der Waals surface area contributed by atoms with E-state index in [0.717, 1.165) is 28.5 Å². The van der Waals surface area contributed by atoms with E-state index in [2.05, 4.69) is 34.6 Å². The van der Waals surface area contributed by atoms with Crippen LogP contribution in [0, 0.1) is 0 Å². The first-order valence-electron chi connectivity index (χ1n) is 8.77. The van der Waals surface area contributed by atoms with E-state index in [1.54, 1.807) is 14.2 Å². The molecule has 0 atom stereocenters. The maximum Gasteiger partial charge on any atom is 0.191 e. The Bertz CT molecular complexity index is 725. The minimum Gasteiger partial charge on any atom is -0.493 e. The summed E-state index contributed by atoms with van der Waals surface area (Å²) in [4.78, 5) is 4.23. The van der Waals surface area contributed by atoms with Crippen molar-refractivity contribution in [3.63, 3.8) is 0 Å². The third-order valence-electron chi connectivity index (χ3n) is 3.81. The second-order valence-electron chi connectivity index (χ2n) is 6.07. The zero-order valence-electron chi connectivity index (χ0n) is 16.1. The number of nitrogens with one attached hydrogen (secondary N) is 2. The molecule has 1 aromatic carbocycles. The molecule has 142 valence electrons. The molecule has 0 saturated heterocycles. The van der Waals surface area contributed by atoms with Gasteiger partial charge in [-0.2, -0.15) is 0 Å². The van der Waals surface area contributed by atoms with Gasteiger partial charge in [0, 0.05) is 19.7 Å². The maximum absolute atomic E-state index is 5.54. The molecular weight excluding hydrogens is 332 g/mol. The largest absolute Gasteiger partial charge is 0.493 e. The maximum atomic E-state index is 5.54. The lowest BCUT2D eigenvalue weighted by molar-refractivity contribution is 0.310. The molecule has 1 heterocycles. The van der Waals surface area contributed by atoms with Gasteiger partial charge in [-0.3, -0.25) is 4.99 Å². The monoisotopic (exact) mass is 360 g/mol. The number of rotatable bonds is 8. The van der Waals surface area contributed by atoms with E-state index >= 15 is 0 Å². The molecule has 2 rings (SSSR count). The Labute approximate surface area is 154 Å². The molecule has 0 unspecified atom stereocenters. The van der Waals surface area contributed by atoms with Crippen LogP contribution in [-0.2, 0) is 13.1 Å². The fourth-order valence-electron chi connectivity index (χ4n) is 2.36. The molecule has 7 nitrogen and oxygen atoms in total. The number of methoxy groups -OCH3 is 1. The molecule has 0 aliphatic rings. The third-order valence-corrected chi connectivity index (χ3v) is 3.81. The predicted octanol–water partition coefficient (Wildman–Crippen LogP) is 3.07. The van der Waals surface area contributed by atoms with Gasteiger partial charge >= 0.3 is 0 Å². The third kappa shape index (κ3) is 5.40. The standard InChI is InChI=1S/C19H28N4O3/c1-6-25-17-8-7-14(9-18(17)24-5)11-21-19(20-4)22-12-15-10-16(13(2)3)23-26-15/h7-10,13H,6,11-12H2,1-5H3,(H2,20,21,22). The van der Waals surface area contributed by atoms with E-state index in [0.29, 0.717) is 31.6 Å². The van der Waals surface area contributed by atoms with Crippen molar-refractivity contribution in [1.29, 1.82) is 0 Å². The van der Waals surface area contributed by atoms with E-state index in [-0.39, 0.29) is 0 Å².